The van der Waals surface area contributed by atoms with E-state index in [1.165, 1.54) is 25.7 Å². The molecule has 2 aliphatic carbocycles. The average Bonchev–Trinajstić information content (AvgIpc) is 4.10. The third-order valence-corrected chi connectivity index (χ3v) is 9.72. The van der Waals surface area contributed by atoms with Crippen LogP contribution in [0.5, 0.6) is 0 Å². The predicted molar refractivity (Wildman–Crippen MR) is 325 cm³/mol. The van der Waals surface area contributed by atoms with Crippen molar-refractivity contribution in [3.8, 4) is 0 Å². The van der Waals surface area contributed by atoms with Crippen LogP contribution in [0.1, 0.15) is 275 Å². The first-order valence-electron chi connectivity index (χ1n) is 28.6. The van der Waals surface area contributed by atoms with E-state index >= 15 is 0 Å². The Kier molecular flexibility index (Phi) is 34.4. The zero-order valence-corrected chi connectivity index (χ0v) is 57.8. The first-order chi connectivity index (χ1) is 33.7. The first-order valence-corrected chi connectivity index (χ1v) is 28.6. The number of ether oxygens (including phenoxy) is 4. The standard InChI is InChI=1S/2C10H20O2.2C9H19NO.2C9H16O2.C9H18O/c2*1-9(2,3)7-12-8(11)10(4,5)6;2*1-8(2,3)7(11)10-9(4,5)6;2*1-9(2,3)8(10)11-6-7-4-5-7;1-8(2,3)7(10)9(4,5)6/h2*7H2,1-6H3;2*1-6H3,(H,10,11);2*7H,4-6H2,1-3H3;1-6H3. The Morgan fingerprint density at radius 2 is 0.487 bits per heavy atom. The van der Waals surface area contributed by atoms with Gasteiger partial charge in [-0.05, 0) is 173 Å². The van der Waals surface area contributed by atoms with Crippen LogP contribution in [0.25, 0.3) is 0 Å². The Balaban J connectivity index is -0.000000266. The van der Waals surface area contributed by atoms with E-state index in [2.05, 4.69) is 10.6 Å². The molecule has 2 fully saturated rings. The molecule has 0 spiro atoms. The zero-order chi connectivity index (χ0) is 64.1. The largest absolute Gasteiger partial charge is 0.465 e. The normalized spacial score (nSPS) is 14.4. The van der Waals surface area contributed by atoms with E-state index in [0.29, 0.717) is 44.0 Å². The van der Waals surface area contributed by atoms with Crippen LogP contribution < -0.4 is 10.6 Å². The molecule has 78 heavy (non-hydrogen) atoms. The van der Waals surface area contributed by atoms with Gasteiger partial charge >= 0.3 is 23.9 Å². The molecule has 2 rings (SSSR count). The van der Waals surface area contributed by atoms with Crippen molar-refractivity contribution in [2.45, 2.75) is 286 Å². The molecule has 13 nitrogen and oxygen atoms in total. The number of amides is 2. The summed E-state index contributed by atoms with van der Waals surface area (Å²) in [6.45, 7) is 72.0. The summed E-state index contributed by atoms with van der Waals surface area (Å²) in [6, 6.07) is 0. The lowest BCUT2D eigenvalue weighted by atomic mass is 9.76. The summed E-state index contributed by atoms with van der Waals surface area (Å²) in [7, 11) is 0. The van der Waals surface area contributed by atoms with E-state index in [1.54, 1.807) is 0 Å². The van der Waals surface area contributed by atoms with E-state index in [0.717, 1.165) is 0 Å². The first kappa shape index (κ1) is 83.3. The topological polar surface area (TPSA) is 180 Å². The molecule has 0 unspecified atom stereocenters. The fourth-order valence-corrected chi connectivity index (χ4v) is 4.57. The Hall–Kier alpha value is -3.51. The second kappa shape index (κ2) is 32.2. The molecular weight excluding hydrogens is 985 g/mol. The SMILES string of the molecule is CC(C)(C)C(=O)C(C)(C)C.CC(C)(C)C(=O)OCC1CC1.CC(C)(C)C(=O)OCC1CC1.CC(C)(C)COC(=O)C(C)(C)C.CC(C)(C)COC(=O)C(C)(C)C.CC(C)(C)NC(=O)C(C)(C)C.CC(C)(C)NC(=O)C(C)(C)C. The van der Waals surface area contributed by atoms with Crippen molar-refractivity contribution in [1.82, 2.24) is 10.6 Å². The third kappa shape index (κ3) is 54.4. The van der Waals surface area contributed by atoms with Gasteiger partial charge in [-0.15, -0.1) is 0 Å². The van der Waals surface area contributed by atoms with Gasteiger partial charge in [-0.2, -0.15) is 0 Å². The van der Waals surface area contributed by atoms with Crippen LogP contribution in [0.2, 0.25) is 0 Å². The lowest BCUT2D eigenvalue weighted by Gasteiger charge is -2.26. The van der Waals surface area contributed by atoms with Crippen LogP contribution in [0, 0.1) is 66.0 Å². The van der Waals surface area contributed by atoms with Gasteiger partial charge in [0, 0.05) is 32.7 Å². The summed E-state index contributed by atoms with van der Waals surface area (Å²) in [5.74, 6) is 1.45. The fourth-order valence-electron chi connectivity index (χ4n) is 4.57. The number of rotatable bonds is 6. The number of esters is 4. The lowest BCUT2D eigenvalue weighted by molar-refractivity contribution is -0.156. The maximum atomic E-state index is 11.5. The minimum Gasteiger partial charge on any atom is -0.465 e. The van der Waals surface area contributed by atoms with Crippen LogP contribution in [0.4, 0.5) is 0 Å². The lowest BCUT2D eigenvalue weighted by Crippen LogP contribution is -2.46. The van der Waals surface area contributed by atoms with Crippen molar-refractivity contribution < 1.29 is 52.5 Å². The molecule has 0 aromatic carbocycles. The van der Waals surface area contributed by atoms with Gasteiger partial charge in [0.05, 0.1) is 48.1 Å². The van der Waals surface area contributed by atoms with Crippen LogP contribution in [0.15, 0.2) is 0 Å². The number of hydrogen-bond acceptors (Lipinski definition) is 11. The minimum atomic E-state index is -0.384. The molecule has 0 heterocycles. The van der Waals surface area contributed by atoms with Gasteiger partial charge in [0.15, 0.2) is 0 Å². The quantitative estimate of drug-likeness (QED) is 0.191. The van der Waals surface area contributed by atoms with Crippen molar-refractivity contribution in [3.05, 3.63) is 0 Å². The molecule has 13 heteroatoms. The highest BCUT2D eigenvalue weighted by molar-refractivity contribution is 5.88. The molecule has 464 valence electrons. The molecule has 2 N–H and O–H groups in total. The van der Waals surface area contributed by atoms with Crippen molar-refractivity contribution >= 4 is 41.5 Å². The van der Waals surface area contributed by atoms with E-state index in [-0.39, 0.29) is 101 Å². The van der Waals surface area contributed by atoms with Crippen molar-refractivity contribution in [1.29, 1.82) is 0 Å². The summed E-state index contributed by atoms with van der Waals surface area (Å²) in [4.78, 5) is 79.2. The maximum Gasteiger partial charge on any atom is 0.311 e. The van der Waals surface area contributed by atoms with Gasteiger partial charge in [-0.25, -0.2) is 0 Å². The van der Waals surface area contributed by atoms with Crippen molar-refractivity contribution in [3.63, 3.8) is 0 Å². The van der Waals surface area contributed by atoms with Crippen LogP contribution in [0.3, 0.4) is 0 Å². The summed E-state index contributed by atoms with van der Waals surface area (Å²) < 4.78 is 20.4. The molecular formula is C65H128N2O11. The van der Waals surface area contributed by atoms with E-state index in [1.807, 2.05) is 249 Å². The zero-order valence-electron chi connectivity index (χ0n) is 57.8. The highest BCUT2D eigenvalue weighted by Gasteiger charge is 2.33. The van der Waals surface area contributed by atoms with Crippen molar-refractivity contribution in [2.75, 3.05) is 26.4 Å². The van der Waals surface area contributed by atoms with Crippen molar-refractivity contribution in [2.24, 2.45) is 66.0 Å². The predicted octanol–water partition coefficient (Wildman–Crippen LogP) is 15.8. The van der Waals surface area contributed by atoms with Gasteiger partial charge in [0.1, 0.15) is 5.78 Å². The number of carbonyl (C=O) groups excluding carboxylic acids is 7. The minimum absolute atomic E-state index is 0.0565. The Labute approximate surface area is 481 Å². The Bertz CT molecular complexity index is 1670. The highest BCUT2D eigenvalue weighted by Crippen LogP contribution is 2.31. The molecule has 0 aromatic rings. The maximum absolute atomic E-state index is 11.5. The van der Waals surface area contributed by atoms with Crippen LogP contribution in [-0.4, -0.2) is 79.0 Å². The fraction of sp³-hybridized carbons (Fsp3) is 0.892. The second-order valence-corrected chi connectivity index (χ2v) is 34.1. The molecule has 0 bridgehead atoms. The van der Waals surface area contributed by atoms with E-state index in [4.69, 9.17) is 18.9 Å². The van der Waals surface area contributed by atoms with Gasteiger partial charge < -0.3 is 29.6 Å². The Morgan fingerprint density at radius 3 is 0.590 bits per heavy atom. The third-order valence-electron chi connectivity index (χ3n) is 9.72. The highest BCUT2D eigenvalue weighted by atomic mass is 16.5. The monoisotopic (exact) mass is 1110 g/mol. The van der Waals surface area contributed by atoms with Gasteiger partial charge in [-0.3, -0.25) is 33.6 Å². The molecule has 0 aromatic heterocycles. The molecule has 2 saturated carbocycles. The van der Waals surface area contributed by atoms with E-state index < -0.39 is 0 Å². The number of hydrogen-bond donors (Lipinski definition) is 2. The molecule has 0 radical (unpaired) electrons. The molecule has 2 amide bonds. The summed E-state index contributed by atoms with van der Waals surface area (Å²) in [6.07, 6.45) is 4.93. The Morgan fingerprint density at radius 1 is 0.295 bits per heavy atom. The second-order valence-electron chi connectivity index (χ2n) is 34.1. The number of ketones is 1. The summed E-state index contributed by atoms with van der Waals surface area (Å²) in [5, 5.41) is 5.84. The number of carbonyl (C=O) groups is 7. The molecule has 0 atom stereocenters. The molecule has 0 aliphatic heterocycles. The summed E-state index contributed by atoms with van der Waals surface area (Å²) in [5.41, 5.74) is -2.53. The number of Topliss-reactive ketones (excluding diaryl/α,β-unsaturated/α-hetero) is 1. The van der Waals surface area contributed by atoms with Gasteiger partial charge in [0.2, 0.25) is 11.8 Å². The molecule has 0 saturated heterocycles. The van der Waals surface area contributed by atoms with Gasteiger partial charge in [-0.1, -0.05) is 125 Å². The van der Waals surface area contributed by atoms with Gasteiger partial charge in [0.25, 0.3) is 0 Å². The smallest absolute Gasteiger partial charge is 0.311 e. The average molecular weight is 1110 g/mol. The van der Waals surface area contributed by atoms with Crippen LogP contribution >= 0.6 is 0 Å². The molecule has 2 aliphatic rings. The van der Waals surface area contributed by atoms with E-state index in [9.17, 15) is 33.6 Å². The number of nitrogens with one attached hydrogen (secondary N) is 2. The van der Waals surface area contributed by atoms with Crippen LogP contribution in [-0.2, 0) is 52.5 Å². The summed E-state index contributed by atoms with van der Waals surface area (Å²) >= 11 is 0.